The highest BCUT2D eigenvalue weighted by atomic mass is 35.5. The van der Waals surface area contributed by atoms with E-state index in [2.05, 4.69) is 17.4 Å². The second kappa shape index (κ2) is 5.63. The van der Waals surface area contributed by atoms with Crippen molar-refractivity contribution in [3.63, 3.8) is 0 Å². The Balaban J connectivity index is 1.69. The molecular weight excluding hydrogens is 242 g/mol. The molecule has 1 atom stereocenters. The molecule has 98 valence electrons. The predicted octanol–water partition coefficient (Wildman–Crippen LogP) is 4.71. The first kappa shape index (κ1) is 12.5. The fourth-order valence-corrected chi connectivity index (χ4v) is 3.25. The highest BCUT2D eigenvalue weighted by molar-refractivity contribution is 6.30. The third-order valence-corrected chi connectivity index (χ3v) is 4.59. The van der Waals surface area contributed by atoms with Gasteiger partial charge in [-0.1, -0.05) is 43.0 Å². The van der Waals surface area contributed by atoms with Crippen LogP contribution in [0.1, 0.15) is 56.6 Å². The topological polar surface area (TPSA) is 12.0 Å². The average Bonchev–Trinajstić information content (AvgIpc) is 3.23. The molecule has 0 aromatic heterocycles. The number of benzene rings is 1. The van der Waals surface area contributed by atoms with Gasteiger partial charge in [0, 0.05) is 17.1 Å². The normalized spacial score (nSPS) is 22.9. The van der Waals surface area contributed by atoms with E-state index in [1.165, 1.54) is 50.5 Å². The summed E-state index contributed by atoms with van der Waals surface area (Å²) in [4.78, 5) is 0. The van der Waals surface area contributed by atoms with E-state index in [1.807, 2.05) is 12.1 Å². The minimum atomic E-state index is 0.561. The van der Waals surface area contributed by atoms with E-state index in [0.29, 0.717) is 6.04 Å². The summed E-state index contributed by atoms with van der Waals surface area (Å²) >= 11 is 5.98. The summed E-state index contributed by atoms with van der Waals surface area (Å²) in [5.41, 5.74) is 1.42. The summed E-state index contributed by atoms with van der Waals surface area (Å²) in [7, 11) is 0. The van der Waals surface area contributed by atoms with Crippen molar-refractivity contribution in [3.8, 4) is 0 Å². The molecule has 0 spiro atoms. The van der Waals surface area contributed by atoms with E-state index < -0.39 is 0 Å². The van der Waals surface area contributed by atoms with Crippen molar-refractivity contribution in [1.29, 1.82) is 0 Å². The van der Waals surface area contributed by atoms with Crippen molar-refractivity contribution in [2.24, 2.45) is 5.92 Å². The van der Waals surface area contributed by atoms with Crippen LogP contribution in [0.5, 0.6) is 0 Å². The molecule has 1 N–H and O–H groups in total. The quantitative estimate of drug-likeness (QED) is 0.829. The van der Waals surface area contributed by atoms with Gasteiger partial charge in [0.15, 0.2) is 0 Å². The lowest BCUT2D eigenvalue weighted by Crippen LogP contribution is -2.35. The van der Waals surface area contributed by atoms with Crippen LogP contribution < -0.4 is 5.32 Å². The highest BCUT2D eigenvalue weighted by Crippen LogP contribution is 2.42. The third kappa shape index (κ3) is 3.07. The predicted molar refractivity (Wildman–Crippen MR) is 76.9 cm³/mol. The molecule has 0 bridgehead atoms. The maximum absolute atomic E-state index is 5.98. The summed E-state index contributed by atoms with van der Waals surface area (Å²) in [6.07, 6.45) is 9.70. The summed E-state index contributed by atoms with van der Waals surface area (Å²) < 4.78 is 0. The molecule has 3 rings (SSSR count). The lowest BCUT2D eigenvalue weighted by Gasteiger charge is -2.29. The van der Waals surface area contributed by atoms with Crippen molar-refractivity contribution >= 4 is 11.6 Å². The Morgan fingerprint density at radius 3 is 2.22 bits per heavy atom. The van der Waals surface area contributed by atoms with Crippen LogP contribution in [0.4, 0.5) is 0 Å². The molecule has 0 saturated heterocycles. The summed E-state index contributed by atoms with van der Waals surface area (Å²) in [5, 5.41) is 4.75. The first-order valence-corrected chi connectivity index (χ1v) is 7.72. The molecular formula is C16H22ClN. The fraction of sp³-hybridized carbons (Fsp3) is 0.625. The van der Waals surface area contributed by atoms with Gasteiger partial charge in [0.05, 0.1) is 0 Å². The van der Waals surface area contributed by atoms with Crippen LogP contribution in [0.3, 0.4) is 0 Å². The zero-order valence-corrected chi connectivity index (χ0v) is 11.6. The van der Waals surface area contributed by atoms with Crippen molar-refractivity contribution in [3.05, 3.63) is 34.9 Å². The van der Waals surface area contributed by atoms with Gasteiger partial charge in [0.25, 0.3) is 0 Å². The lowest BCUT2D eigenvalue weighted by atomic mass is 9.93. The Morgan fingerprint density at radius 1 is 0.944 bits per heavy atom. The molecule has 2 aliphatic carbocycles. The van der Waals surface area contributed by atoms with E-state index in [9.17, 15) is 0 Å². The van der Waals surface area contributed by atoms with Crippen LogP contribution in [-0.2, 0) is 0 Å². The fourth-order valence-electron chi connectivity index (χ4n) is 3.13. The van der Waals surface area contributed by atoms with Gasteiger partial charge in [-0.25, -0.2) is 0 Å². The summed E-state index contributed by atoms with van der Waals surface area (Å²) in [6, 6.07) is 9.73. The minimum absolute atomic E-state index is 0.561. The van der Waals surface area contributed by atoms with Crippen molar-refractivity contribution in [1.82, 2.24) is 5.32 Å². The summed E-state index contributed by atoms with van der Waals surface area (Å²) in [5.74, 6) is 0.855. The van der Waals surface area contributed by atoms with Crippen molar-refractivity contribution in [2.75, 3.05) is 0 Å². The number of hydrogen-bond acceptors (Lipinski definition) is 1. The van der Waals surface area contributed by atoms with Crippen LogP contribution in [0.25, 0.3) is 0 Å². The van der Waals surface area contributed by atoms with Gasteiger partial charge in [-0.15, -0.1) is 0 Å². The van der Waals surface area contributed by atoms with Gasteiger partial charge in [0.1, 0.15) is 0 Å². The van der Waals surface area contributed by atoms with Crippen molar-refractivity contribution < 1.29 is 0 Å². The zero-order valence-electron chi connectivity index (χ0n) is 10.9. The number of halogens is 1. The van der Waals surface area contributed by atoms with E-state index in [-0.39, 0.29) is 0 Å². The average molecular weight is 264 g/mol. The molecule has 0 radical (unpaired) electrons. The largest absolute Gasteiger partial charge is 0.307 e. The molecule has 1 nitrogen and oxygen atoms in total. The molecule has 1 aromatic carbocycles. The molecule has 0 heterocycles. The van der Waals surface area contributed by atoms with E-state index in [0.717, 1.165) is 17.0 Å². The first-order chi connectivity index (χ1) is 8.83. The van der Waals surface area contributed by atoms with Gasteiger partial charge < -0.3 is 5.32 Å². The highest BCUT2D eigenvalue weighted by Gasteiger charge is 2.33. The number of hydrogen-bond donors (Lipinski definition) is 1. The van der Waals surface area contributed by atoms with Gasteiger partial charge in [-0.05, 0) is 49.3 Å². The van der Waals surface area contributed by atoms with Gasteiger partial charge in [-0.3, -0.25) is 0 Å². The third-order valence-electron chi connectivity index (χ3n) is 4.34. The zero-order chi connectivity index (χ0) is 12.4. The molecule has 0 amide bonds. The van der Waals surface area contributed by atoms with E-state index in [1.54, 1.807) is 0 Å². The molecule has 1 unspecified atom stereocenters. The SMILES string of the molecule is Clc1ccc(C(NC2CCCCC2)C2CC2)cc1. The molecule has 0 aliphatic heterocycles. The lowest BCUT2D eigenvalue weighted by molar-refractivity contribution is 0.323. The first-order valence-electron chi connectivity index (χ1n) is 7.34. The Bertz CT molecular complexity index is 377. The maximum Gasteiger partial charge on any atom is 0.0406 e. The maximum atomic E-state index is 5.98. The van der Waals surface area contributed by atoms with Gasteiger partial charge in [0.2, 0.25) is 0 Å². The molecule has 2 fully saturated rings. The van der Waals surface area contributed by atoms with E-state index >= 15 is 0 Å². The Hall–Kier alpha value is -0.530. The second-order valence-corrected chi connectivity index (χ2v) is 6.30. The van der Waals surface area contributed by atoms with Gasteiger partial charge in [-0.2, -0.15) is 0 Å². The van der Waals surface area contributed by atoms with Gasteiger partial charge >= 0.3 is 0 Å². The van der Waals surface area contributed by atoms with Crippen LogP contribution in [0, 0.1) is 5.92 Å². The van der Waals surface area contributed by atoms with Crippen LogP contribution in [-0.4, -0.2) is 6.04 Å². The Morgan fingerprint density at radius 2 is 1.61 bits per heavy atom. The Labute approximate surface area is 115 Å². The monoisotopic (exact) mass is 263 g/mol. The molecule has 2 heteroatoms. The Kier molecular flexibility index (Phi) is 3.91. The van der Waals surface area contributed by atoms with Crippen LogP contribution in [0.15, 0.2) is 24.3 Å². The number of nitrogens with one attached hydrogen (secondary N) is 1. The molecule has 2 aliphatic rings. The number of rotatable bonds is 4. The summed E-state index contributed by atoms with van der Waals surface area (Å²) in [6.45, 7) is 0. The minimum Gasteiger partial charge on any atom is -0.307 e. The molecule has 2 saturated carbocycles. The van der Waals surface area contributed by atoms with E-state index in [4.69, 9.17) is 11.6 Å². The van der Waals surface area contributed by atoms with Crippen LogP contribution in [0.2, 0.25) is 5.02 Å². The smallest absolute Gasteiger partial charge is 0.0406 e. The molecule has 18 heavy (non-hydrogen) atoms. The van der Waals surface area contributed by atoms with Crippen LogP contribution >= 0.6 is 11.6 Å². The second-order valence-electron chi connectivity index (χ2n) is 5.87. The standard InChI is InChI=1S/C16H22ClN/c17-14-10-8-13(9-11-14)16(12-6-7-12)18-15-4-2-1-3-5-15/h8-12,15-16,18H,1-7H2. The van der Waals surface area contributed by atoms with Crippen molar-refractivity contribution in [2.45, 2.75) is 57.0 Å². The molecule has 1 aromatic rings.